The summed E-state index contributed by atoms with van der Waals surface area (Å²) in [6.07, 6.45) is 0. The Kier molecular flexibility index (Phi) is 4.80. The number of hydrogen-bond acceptors (Lipinski definition) is 2. The van der Waals surface area contributed by atoms with E-state index in [-0.39, 0.29) is 5.02 Å². The Morgan fingerprint density at radius 3 is 2.65 bits per heavy atom. The number of benzene rings is 1. The molecule has 2 N–H and O–H groups in total. The molecule has 1 atom stereocenters. The van der Waals surface area contributed by atoms with Gasteiger partial charge in [-0.1, -0.05) is 17.7 Å². The first kappa shape index (κ1) is 14.3. The minimum atomic E-state index is -3.17. The maximum atomic E-state index is 12.9. The Morgan fingerprint density at radius 2 is 2.12 bits per heavy atom. The zero-order chi connectivity index (χ0) is 13.1. The summed E-state index contributed by atoms with van der Waals surface area (Å²) in [4.78, 5) is 0. The van der Waals surface area contributed by atoms with Crippen LogP contribution in [0.5, 0.6) is 0 Å². The third kappa shape index (κ3) is 4.18. The molecule has 2 nitrogen and oxygen atoms in total. The van der Waals surface area contributed by atoms with Gasteiger partial charge >= 0.3 is 0 Å². The van der Waals surface area contributed by atoms with Crippen molar-refractivity contribution in [3.63, 3.8) is 0 Å². The monoisotopic (exact) mass is 267 g/mol. The summed E-state index contributed by atoms with van der Waals surface area (Å²) in [5, 5.41) is 10.9. The molecule has 1 rings (SSSR count). The van der Waals surface area contributed by atoms with Crippen molar-refractivity contribution >= 4 is 11.6 Å². The quantitative estimate of drug-likeness (QED) is 0.860. The lowest BCUT2D eigenvalue weighted by molar-refractivity contribution is -0.0490. The lowest BCUT2D eigenvalue weighted by Gasteiger charge is -2.19. The summed E-state index contributed by atoms with van der Waals surface area (Å²) in [6.45, 7) is -0.215. The van der Waals surface area contributed by atoms with Gasteiger partial charge < -0.3 is 10.4 Å². The van der Waals surface area contributed by atoms with Crippen LogP contribution in [0.1, 0.15) is 18.5 Å². The van der Waals surface area contributed by atoms with Crippen molar-refractivity contribution in [2.45, 2.75) is 18.9 Å². The molecule has 0 aliphatic heterocycles. The van der Waals surface area contributed by atoms with Crippen molar-refractivity contribution in [2.24, 2.45) is 0 Å². The van der Waals surface area contributed by atoms with Crippen LogP contribution in [0, 0.1) is 5.82 Å². The molecule has 0 heterocycles. The van der Waals surface area contributed by atoms with Crippen molar-refractivity contribution in [2.75, 3.05) is 13.2 Å². The molecule has 0 saturated heterocycles. The van der Waals surface area contributed by atoms with Crippen molar-refractivity contribution in [1.82, 2.24) is 5.32 Å². The largest absolute Gasteiger partial charge is 0.390 e. The van der Waals surface area contributed by atoms with Crippen LogP contribution in [0.4, 0.5) is 13.2 Å². The van der Waals surface area contributed by atoms with Crippen LogP contribution in [0.2, 0.25) is 5.02 Å². The molecular weight excluding hydrogens is 255 g/mol. The second-order valence-electron chi connectivity index (χ2n) is 3.79. The van der Waals surface area contributed by atoms with Crippen LogP contribution in [-0.4, -0.2) is 24.2 Å². The minimum absolute atomic E-state index is 0.0509. The molecule has 0 aliphatic carbocycles. The Bertz CT molecular complexity index is 387. The van der Waals surface area contributed by atoms with E-state index >= 15 is 0 Å². The molecule has 6 heteroatoms. The first-order chi connectivity index (χ1) is 7.85. The number of rotatable bonds is 5. The second-order valence-corrected chi connectivity index (χ2v) is 4.20. The van der Waals surface area contributed by atoms with Gasteiger partial charge in [-0.05, 0) is 24.6 Å². The third-order valence-electron chi connectivity index (χ3n) is 2.34. The van der Waals surface area contributed by atoms with E-state index in [1.165, 1.54) is 18.2 Å². The molecule has 1 aromatic rings. The first-order valence-electron chi connectivity index (χ1n) is 5.03. The number of nitrogens with one attached hydrogen (secondary N) is 1. The summed E-state index contributed by atoms with van der Waals surface area (Å²) >= 11 is 5.58. The van der Waals surface area contributed by atoms with Gasteiger partial charge in [-0.15, -0.1) is 0 Å². The van der Waals surface area contributed by atoms with Crippen LogP contribution in [0.25, 0.3) is 0 Å². The van der Waals surface area contributed by atoms with E-state index in [1.54, 1.807) is 6.92 Å². The standard InChI is InChI=1S/C11H13ClF3NO/c1-7(16-5-11(14,15)6-17)8-2-3-10(13)9(12)4-8/h2-4,7,16-17H,5-6H2,1H3. The lowest BCUT2D eigenvalue weighted by Crippen LogP contribution is -2.37. The van der Waals surface area contributed by atoms with Gasteiger partial charge in [0.15, 0.2) is 0 Å². The molecule has 0 spiro atoms. The van der Waals surface area contributed by atoms with E-state index in [2.05, 4.69) is 5.32 Å². The van der Waals surface area contributed by atoms with Gasteiger partial charge in [-0.25, -0.2) is 13.2 Å². The molecule has 0 saturated carbocycles. The molecule has 17 heavy (non-hydrogen) atoms. The van der Waals surface area contributed by atoms with Crippen LogP contribution in [0.15, 0.2) is 18.2 Å². The number of aliphatic hydroxyl groups excluding tert-OH is 1. The van der Waals surface area contributed by atoms with E-state index in [4.69, 9.17) is 16.7 Å². The van der Waals surface area contributed by atoms with Crippen LogP contribution < -0.4 is 5.32 Å². The molecule has 0 aromatic heterocycles. The summed E-state index contributed by atoms with van der Waals surface area (Å²) in [5.74, 6) is -3.72. The van der Waals surface area contributed by atoms with Crippen molar-refractivity contribution in [1.29, 1.82) is 0 Å². The summed E-state index contributed by atoms with van der Waals surface area (Å²) in [7, 11) is 0. The fourth-order valence-electron chi connectivity index (χ4n) is 1.26. The van der Waals surface area contributed by atoms with Crippen LogP contribution in [-0.2, 0) is 0 Å². The molecule has 96 valence electrons. The SMILES string of the molecule is CC(NCC(F)(F)CO)c1ccc(F)c(Cl)c1. The van der Waals surface area contributed by atoms with E-state index in [0.29, 0.717) is 5.56 Å². The second kappa shape index (κ2) is 5.71. The van der Waals surface area contributed by atoms with E-state index in [0.717, 1.165) is 0 Å². The van der Waals surface area contributed by atoms with E-state index in [9.17, 15) is 13.2 Å². The highest BCUT2D eigenvalue weighted by molar-refractivity contribution is 6.30. The number of hydrogen-bond donors (Lipinski definition) is 2. The lowest BCUT2D eigenvalue weighted by atomic mass is 10.1. The smallest absolute Gasteiger partial charge is 0.282 e. The Morgan fingerprint density at radius 1 is 1.47 bits per heavy atom. The predicted molar refractivity (Wildman–Crippen MR) is 59.9 cm³/mol. The molecule has 0 fully saturated rings. The highest BCUT2D eigenvalue weighted by atomic mass is 35.5. The van der Waals surface area contributed by atoms with Gasteiger partial charge in [0.2, 0.25) is 0 Å². The minimum Gasteiger partial charge on any atom is -0.390 e. The normalized spacial score (nSPS) is 13.8. The van der Waals surface area contributed by atoms with Crippen LogP contribution in [0.3, 0.4) is 0 Å². The molecule has 0 amide bonds. The van der Waals surface area contributed by atoms with Crippen molar-refractivity contribution in [3.8, 4) is 0 Å². The molecule has 1 aromatic carbocycles. The fourth-order valence-corrected chi connectivity index (χ4v) is 1.45. The summed E-state index contributed by atoms with van der Waals surface area (Å²) in [5.41, 5.74) is 0.602. The number of aliphatic hydroxyl groups is 1. The van der Waals surface area contributed by atoms with Crippen molar-refractivity contribution < 1.29 is 18.3 Å². The van der Waals surface area contributed by atoms with E-state index in [1.807, 2.05) is 0 Å². The predicted octanol–water partition coefficient (Wildman–Crippen LogP) is 2.76. The van der Waals surface area contributed by atoms with Gasteiger partial charge in [-0.2, -0.15) is 0 Å². The molecule has 0 radical (unpaired) electrons. The van der Waals surface area contributed by atoms with Crippen LogP contribution >= 0.6 is 11.6 Å². The maximum absolute atomic E-state index is 12.9. The highest BCUT2D eigenvalue weighted by Gasteiger charge is 2.27. The molecule has 0 bridgehead atoms. The zero-order valence-corrected chi connectivity index (χ0v) is 9.94. The zero-order valence-electron chi connectivity index (χ0n) is 9.18. The first-order valence-corrected chi connectivity index (χ1v) is 5.40. The summed E-state index contributed by atoms with van der Waals surface area (Å²) in [6, 6.07) is 3.62. The Labute approximate surface area is 102 Å². The topological polar surface area (TPSA) is 32.3 Å². The fraction of sp³-hybridized carbons (Fsp3) is 0.455. The number of alkyl halides is 2. The molecular formula is C11H13ClF3NO. The maximum Gasteiger partial charge on any atom is 0.282 e. The molecule has 1 unspecified atom stereocenters. The average molecular weight is 268 g/mol. The van der Waals surface area contributed by atoms with Gasteiger partial charge in [0.25, 0.3) is 5.92 Å². The number of halogens is 4. The average Bonchev–Trinajstić information content (AvgIpc) is 2.30. The Hall–Kier alpha value is -0.780. The molecule has 0 aliphatic rings. The van der Waals surface area contributed by atoms with Gasteiger partial charge in [0.1, 0.15) is 12.4 Å². The van der Waals surface area contributed by atoms with Gasteiger partial charge in [0, 0.05) is 6.04 Å². The third-order valence-corrected chi connectivity index (χ3v) is 2.63. The summed E-state index contributed by atoms with van der Waals surface area (Å²) < 4.78 is 38.4. The van der Waals surface area contributed by atoms with E-state index < -0.39 is 30.9 Å². The van der Waals surface area contributed by atoms with Gasteiger partial charge in [-0.3, -0.25) is 0 Å². The van der Waals surface area contributed by atoms with Gasteiger partial charge in [0.05, 0.1) is 11.6 Å². The highest BCUT2D eigenvalue weighted by Crippen LogP contribution is 2.21. The Balaban J connectivity index is 2.64. The van der Waals surface area contributed by atoms with Crippen molar-refractivity contribution in [3.05, 3.63) is 34.6 Å².